The molecule has 0 aliphatic heterocycles. The highest BCUT2D eigenvalue weighted by Gasteiger charge is 2.17. The number of carbonyl (C=O) groups is 1. The van der Waals surface area contributed by atoms with Crippen molar-refractivity contribution in [3.05, 3.63) is 58.6 Å². The molecule has 0 bridgehead atoms. The number of ether oxygens (including phenoxy) is 1. The van der Waals surface area contributed by atoms with Crippen LogP contribution in [0.15, 0.2) is 48.5 Å². The number of urea groups is 1. The highest BCUT2D eigenvalue weighted by atomic mass is 16.6. The summed E-state index contributed by atoms with van der Waals surface area (Å²) in [4.78, 5) is 22.5. The molecule has 0 fully saturated rings. The van der Waals surface area contributed by atoms with E-state index in [1.54, 1.807) is 30.3 Å². The molecule has 2 aromatic carbocycles. The Morgan fingerprint density at radius 1 is 1.17 bits per heavy atom. The van der Waals surface area contributed by atoms with Crippen LogP contribution in [0.25, 0.3) is 0 Å². The number of anilines is 2. The van der Waals surface area contributed by atoms with Gasteiger partial charge in [0.15, 0.2) is 0 Å². The number of nitrogens with one attached hydrogen (secondary N) is 2. The normalized spacial score (nSPS) is 9.96. The molecule has 0 spiro atoms. The van der Waals surface area contributed by atoms with Gasteiger partial charge >= 0.3 is 6.03 Å². The second kappa shape index (κ2) is 7.79. The lowest BCUT2D eigenvalue weighted by Crippen LogP contribution is -2.20. The third kappa shape index (κ3) is 4.70. The maximum atomic E-state index is 11.9. The molecular formula is C16H17N3O4. The number of benzene rings is 2. The van der Waals surface area contributed by atoms with E-state index in [-0.39, 0.29) is 11.4 Å². The Morgan fingerprint density at radius 2 is 1.91 bits per heavy atom. The number of carbonyl (C=O) groups excluding carboxylic acids is 1. The molecule has 2 rings (SSSR count). The lowest BCUT2D eigenvalue weighted by atomic mass is 10.2. The van der Waals surface area contributed by atoms with Crippen molar-refractivity contribution in [2.45, 2.75) is 13.3 Å². The summed E-state index contributed by atoms with van der Waals surface area (Å²) in [7, 11) is 0. The maximum Gasteiger partial charge on any atom is 0.323 e. The molecule has 0 aromatic heterocycles. The fourth-order valence-electron chi connectivity index (χ4n) is 1.88. The van der Waals surface area contributed by atoms with Gasteiger partial charge in [0.1, 0.15) is 11.4 Å². The molecule has 0 saturated carbocycles. The van der Waals surface area contributed by atoms with E-state index in [4.69, 9.17) is 4.74 Å². The molecule has 120 valence electrons. The third-order valence-corrected chi connectivity index (χ3v) is 2.92. The summed E-state index contributed by atoms with van der Waals surface area (Å²) in [6.07, 6.45) is 0.799. The fourth-order valence-corrected chi connectivity index (χ4v) is 1.88. The highest BCUT2D eigenvalue weighted by Crippen LogP contribution is 2.29. The first-order valence-corrected chi connectivity index (χ1v) is 7.14. The zero-order valence-corrected chi connectivity index (χ0v) is 12.6. The van der Waals surface area contributed by atoms with Crippen molar-refractivity contribution in [1.82, 2.24) is 0 Å². The Kier molecular flexibility index (Phi) is 5.51. The largest absolute Gasteiger partial charge is 0.493 e. The molecule has 0 unspecified atom stereocenters. The molecule has 0 saturated heterocycles. The van der Waals surface area contributed by atoms with Gasteiger partial charge in [-0.2, -0.15) is 0 Å². The van der Waals surface area contributed by atoms with Gasteiger partial charge in [-0.3, -0.25) is 10.1 Å². The first kappa shape index (κ1) is 16.3. The smallest absolute Gasteiger partial charge is 0.323 e. The van der Waals surface area contributed by atoms with Crippen LogP contribution in [0.1, 0.15) is 13.3 Å². The average molecular weight is 315 g/mol. The molecule has 2 amide bonds. The molecule has 0 aliphatic carbocycles. The molecule has 7 nitrogen and oxygen atoms in total. The monoisotopic (exact) mass is 315 g/mol. The summed E-state index contributed by atoms with van der Waals surface area (Å²) < 4.78 is 5.37. The van der Waals surface area contributed by atoms with Gasteiger partial charge in [-0.1, -0.05) is 25.1 Å². The summed E-state index contributed by atoms with van der Waals surface area (Å²) in [6.45, 7) is 2.41. The van der Waals surface area contributed by atoms with Gasteiger partial charge in [-0.15, -0.1) is 0 Å². The zero-order chi connectivity index (χ0) is 16.7. The Hall–Kier alpha value is -3.09. The third-order valence-electron chi connectivity index (χ3n) is 2.92. The minimum Gasteiger partial charge on any atom is -0.493 e. The Labute approximate surface area is 133 Å². The summed E-state index contributed by atoms with van der Waals surface area (Å²) >= 11 is 0. The zero-order valence-electron chi connectivity index (χ0n) is 12.6. The SMILES string of the molecule is CCCOc1ccc(NC(=O)Nc2ccccc2)c([N+](=O)[O-])c1. The number of amides is 2. The standard InChI is InChI=1S/C16H17N3O4/c1-2-10-23-13-8-9-14(15(11-13)19(21)22)18-16(20)17-12-6-4-3-5-7-12/h3-9,11H,2,10H2,1H3,(H2,17,18,20). The number of hydrogen-bond acceptors (Lipinski definition) is 4. The Bertz CT molecular complexity index is 689. The van der Waals surface area contributed by atoms with E-state index in [1.165, 1.54) is 12.1 Å². The summed E-state index contributed by atoms with van der Waals surface area (Å²) in [6, 6.07) is 12.6. The van der Waals surface area contributed by atoms with Crippen LogP contribution < -0.4 is 15.4 Å². The van der Waals surface area contributed by atoms with E-state index in [9.17, 15) is 14.9 Å². The van der Waals surface area contributed by atoms with Gasteiger partial charge in [-0.05, 0) is 30.7 Å². The van der Waals surface area contributed by atoms with Crippen LogP contribution in [0.3, 0.4) is 0 Å². The molecule has 0 heterocycles. The predicted molar refractivity (Wildman–Crippen MR) is 88.0 cm³/mol. The first-order valence-electron chi connectivity index (χ1n) is 7.14. The van der Waals surface area contributed by atoms with Gasteiger partial charge in [-0.25, -0.2) is 4.79 Å². The van der Waals surface area contributed by atoms with Gasteiger partial charge < -0.3 is 15.4 Å². The van der Waals surface area contributed by atoms with Crippen molar-refractivity contribution in [2.75, 3.05) is 17.2 Å². The van der Waals surface area contributed by atoms with Crippen LogP contribution in [0.5, 0.6) is 5.75 Å². The fraction of sp³-hybridized carbons (Fsp3) is 0.188. The van der Waals surface area contributed by atoms with E-state index < -0.39 is 11.0 Å². The molecular weight excluding hydrogens is 298 g/mol. The van der Waals surface area contributed by atoms with Gasteiger partial charge in [0.25, 0.3) is 5.69 Å². The molecule has 0 aliphatic rings. The number of hydrogen-bond donors (Lipinski definition) is 2. The van der Waals surface area contributed by atoms with Crippen LogP contribution in [0, 0.1) is 10.1 Å². The van der Waals surface area contributed by atoms with Crippen molar-refractivity contribution < 1.29 is 14.5 Å². The molecule has 7 heteroatoms. The second-order valence-electron chi connectivity index (χ2n) is 4.73. The molecule has 0 radical (unpaired) electrons. The summed E-state index contributed by atoms with van der Waals surface area (Å²) in [5, 5.41) is 16.2. The van der Waals surface area contributed by atoms with Gasteiger partial charge in [0.2, 0.25) is 0 Å². The van der Waals surface area contributed by atoms with Gasteiger partial charge in [0.05, 0.1) is 17.6 Å². The van der Waals surface area contributed by atoms with Gasteiger partial charge in [0, 0.05) is 5.69 Å². The highest BCUT2D eigenvalue weighted by molar-refractivity contribution is 6.01. The van der Waals surface area contributed by atoms with E-state index in [1.807, 2.05) is 13.0 Å². The van der Waals surface area contributed by atoms with E-state index >= 15 is 0 Å². The number of para-hydroxylation sites is 1. The minimum atomic E-state index is -0.559. The van der Waals surface area contributed by atoms with Crippen molar-refractivity contribution in [3.8, 4) is 5.75 Å². The maximum absolute atomic E-state index is 11.9. The molecule has 23 heavy (non-hydrogen) atoms. The van der Waals surface area contributed by atoms with E-state index in [0.717, 1.165) is 6.42 Å². The molecule has 2 N–H and O–H groups in total. The van der Waals surface area contributed by atoms with Crippen LogP contribution in [-0.4, -0.2) is 17.6 Å². The van der Waals surface area contributed by atoms with Crippen molar-refractivity contribution in [2.24, 2.45) is 0 Å². The predicted octanol–water partition coefficient (Wildman–Crippen LogP) is 4.03. The minimum absolute atomic E-state index is 0.104. The Morgan fingerprint density at radius 3 is 2.57 bits per heavy atom. The number of nitro benzene ring substituents is 1. The number of nitrogens with zero attached hydrogens (tertiary/aromatic N) is 1. The first-order chi connectivity index (χ1) is 11.1. The number of nitro groups is 1. The van der Waals surface area contributed by atoms with Crippen LogP contribution in [-0.2, 0) is 0 Å². The molecule has 0 atom stereocenters. The Balaban J connectivity index is 2.12. The van der Waals surface area contributed by atoms with E-state index in [2.05, 4.69) is 10.6 Å². The lowest BCUT2D eigenvalue weighted by molar-refractivity contribution is -0.384. The average Bonchev–Trinajstić information content (AvgIpc) is 2.54. The van der Waals surface area contributed by atoms with Crippen molar-refractivity contribution in [1.29, 1.82) is 0 Å². The van der Waals surface area contributed by atoms with Crippen LogP contribution >= 0.6 is 0 Å². The van der Waals surface area contributed by atoms with Crippen LogP contribution in [0.2, 0.25) is 0 Å². The lowest BCUT2D eigenvalue weighted by Gasteiger charge is -2.10. The number of rotatable bonds is 6. The van der Waals surface area contributed by atoms with Crippen LogP contribution in [0.4, 0.5) is 21.9 Å². The second-order valence-corrected chi connectivity index (χ2v) is 4.73. The quantitative estimate of drug-likeness (QED) is 0.621. The molecule has 2 aromatic rings. The topological polar surface area (TPSA) is 93.5 Å². The van der Waals surface area contributed by atoms with Crippen molar-refractivity contribution >= 4 is 23.1 Å². The summed E-state index contributed by atoms with van der Waals surface area (Å²) in [5.41, 5.74) is 0.477. The van der Waals surface area contributed by atoms with Crippen molar-refractivity contribution in [3.63, 3.8) is 0 Å². The van der Waals surface area contributed by atoms with E-state index in [0.29, 0.717) is 18.0 Å². The summed E-state index contributed by atoms with van der Waals surface area (Å²) in [5.74, 6) is 0.396.